The molecule has 0 aromatic carbocycles. The topological polar surface area (TPSA) is 131 Å². The van der Waals surface area contributed by atoms with Crippen LogP contribution in [0.1, 0.15) is 21.0 Å². The number of nitrogens with one attached hydrogen (secondary N) is 2. The van der Waals surface area contributed by atoms with Crippen LogP contribution in [0.15, 0.2) is 18.5 Å². The van der Waals surface area contributed by atoms with Crippen molar-refractivity contribution in [3.8, 4) is 0 Å². The van der Waals surface area contributed by atoms with Crippen molar-refractivity contribution in [1.82, 2.24) is 24.9 Å². The molecule has 0 saturated carbocycles. The highest BCUT2D eigenvalue weighted by Gasteiger charge is 2.18. The zero-order chi connectivity index (χ0) is 16.3. The summed E-state index contributed by atoms with van der Waals surface area (Å²) in [4.78, 5) is 34.3. The maximum Gasteiger partial charge on any atom is 0.325 e. The number of anilines is 1. The van der Waals surface area contributed by atoms with Crippen molar-refractivity contribution in [3.63, 3.8) is 0 Å². The summed E-state index contributed by atoms with van der Waals surface area (Å²) in [7, 11) is 3.07. The number of hydrogen-bond donors (Lipinski definition) is 3. The molecule has 0 spiro atoms. The molecule has 0 unspecified atom stereocenters. The lowest BCUT2D eigenvalue weighted by molar-refractivity contribution is -0.137. The second-order valence-corrected chi connectivity index (χ2v) is 4.39. The molecule has 0 aliphatic rings. The Balaban J connectivity index is 2.17. The Kier molecular flexibility index (Phi) is 4.20. The molecule has 0 aliphatic carbocycles. The third-order valence-electron chi connectivity index (χ3n) is 2.69. The summed E-state index contributed by atoms with van der Waals surface area (Å²) in [5.74, 6) is -2.07. The minimum absolute atomic E-state index is 0.0351. The number of aliphatic carboxylic acids is 1. The molecule has 0 fully saturated rings. The summed E-state index contributed by atoms with van der Waals surface area (Å²) < 4.78 is 2.52. The van der Waals surface area contributed by atoms with Crippen LogP contribution in [-0.2, 0) is 18.4 Å². The zero-order valence-electron chi connectivity index (χ0n) is 11.9. The highest BCUT2D eigenvalue weighted by Crippen LogP contribution is 2.14. The third-order valence-corrected chi connectivity index (χ3v) is 2.69. The maximum absolute atomic E-state index is 12.1. The first kappa shape index (κ1) is 15.2. The van der Waals surface area contributed by atoms with Crippen LogP contribution >= 0.6 is 0 Å². The zero-order valence-corrected chi connectivity index (χ0v) is 11.9. The van der Waals surface area contributed by atoms with E-state index < -0.39 is 17.8 Å². The lowest BCUT2D eigenvalue weighted by atomic mass is 10.3. The van der Waals surface area contributed by atoms with E-state index in [9.17, 15) is 14.4 Å². The van der Waals surface area contributed by atoms with Crippen LogP contribution < -0.4 is 10.6 Å². The summed E-state index contributed by atoms with van der Waals surface area (Å²) in [5.41, 5.74) is 0.343. The lowest BCUT2D eigenvalue weighted by Gasteiger charge is -2.02. The molecule has 2 amide bonds. The molecule has 2 rings (SSSR count). The number of carboxylic acid groups (broad SMARTS) is 1. The monoisotopic (exact) mass is 306 g/mol. The highest BCUT2D eigenvalue weighted by atomic mass is 16.4. The van der Waals surface area contributed by atoms with Gasteiger partial charge in [0, 0.05) is 26.5 Å². The van der Waals surface area contributed by atoms with Gasteiger partial charge in [-0.1, -0.05) is 0 Å². The third kappa shape index (κ3) is 3.29. The first-order valence-corrected chi connectivity index (χ1v) is 6.23. The van der Waals surface area contributed by atoms with Crippen molar-refractivity contribution < 1.29 is 19.5 Å². The van der Waals surface area contributed by atoms with Crippen molar-refractivity contribution in [3.05, 3.63) is 29.8 Å². The van der Waals surface area contributed by atoms with Crippen molar-refractivity contribution in [2.45, 2.75) is 6.54 Å². The summed E-state index contributed by atoms with van der Waals surface area (Å²) in [6.45, 7) is -0.344. The van der Waals surface area contributed by atoms with Crippen LogP contribution in [0.3, 0.4) is 0 Å². The van der Waals surface area contributed by atoms with Crippen LogP contribution in [-0.4, -0.2) is 49.5 Å². The lowest BCUT2D eigenvalue weighted by Crippen LogP contribution is -2.22. The van der Waals surface area contributed by atoms with Crippen LogP contribution in [0, 0.1) is 0 Å². The Bertz CT molecular complexity index is 732. The molecule has 0 saturated heterocycles. The predicted molar refractivity (Wildman–Crippen MR) is 74.4 cm³/mol. The van der Waals surface area contributed by atoms with Gasteiger partial charge in [-0.05, 0) is 6.07 Å². The van der Waals surface area contributed by atoms with E-state index in [2.05, 4.69) is 20.8 Å². The summed E-state index contributed by atoms with van der Waals surface area (Å²) in [6, 6.07) is 1.38. The fourth-order valence-electron chi connectivity index (χ4n) is 1.76. The van der Waals surface area contributed by atoms with Gasteiger partial charge >= 0.3 is 5.97 Å². The molecule has 2 aromatic rings. The van der Waals surface area contributed by atoms with Gasteiger partial charge < -0.3 is 15.7 Å². The van der Waals surface area contributed by atoms with E-state index >= 15 is 0 Å². The van der Waals surface area contributed by atoms with E-state index in [4.69, 9.17) is 5.11 Å². The summed E-state index contributed by atoms with van der Waals surface area (Å²) in [6.07, 6.45) is 2.86. The number of carbonyl (C=O) groups excluding carboxylic acids is 2. The Morgan fingerprint density at radius 1 is 1.27 bits per heavy atom. The van der Waals surface area contributed by atoms with Crippen LogP contribution in [0.5, 0.6) is 0 Å². The molecule has 0 radical (unpaired) electrons. The molecular weight excluding hydrogens is 292 g/mol. The first-order valence-electron chi connectivity index (χ1n) is 6.23. The van der Waals surface area contributed by atoms with Gasteiger partial charge in [0.1, 0.15) is 6.54 Å². The largest absolute Gasteiger partial charge is 0.480 e. The van der Waals surface area contributed by atoms with Crippen molar-refractivity contribution in [2.75, 3.05) is 12.4 Å². The summed E-state index contributed by atoms with van der Waals surface area (Å²) >= 11 is 0. The maximum atomic E-state index is 12.1. The van der Waals surface area contributed by atoms with E-state index in [-0.39, 0.29) is 23.6 Å². The fourth-order valence-corrected chi connectivity index (χ4v) is 1.76. The number of amides is 2. The SMILES string of the molecule is CNC(=O)c1nn(C)cc1NC(=O)c1ccn(CC(=O)O)n1. The minimum atomic E-state index is -1.07. The number of carbonyl (C=O) groups is 3. The second kappa shape index (κ2) is 6.08. The molecule has 3 N–H and O–H groups in total. The first-order chi connectivity index (χ1) is 10.4. The van der Waals surface area contributed by atoms with Gasteiger partial charge in [0.2, 0.25) is 0 Å². The molecule has 116 valence electrons. The standard InChI is InChI=1S/C12H14N6O4/c1-13-12(22)10-8(5-17(2)16-10)14-11(21)7-3-4-18(15-7)6-9(19)20/h3-5H,6H2,1-2H3,(H,13,22)(H,14,21)(H,19,20). The quantitative estimate of drug-likeness (QED) is 0.670. The van der Waals surface area contributed by atoms with Crippen molar-refractivity contribution in [1.29, 1.82) is 0 Å². The minimum Gasteiger partial charge on any atom is -0.480 e. The fraction of sp³-hybridized carbons (Fsp3) is 0.250. The Labute approximate surface area is 124 Å². The van der Waals surface area contributed by atoms with Crippen LogP contribution in [0.4, 0.5) is 5.69 Å². The number of rotatable bonds is 5. The van der Waals surface area contributed by atoms with Crippen LogP contribution in [0.2, 0.25) is 0 Å². The molecule has 2 aromatic heterocycles. The van der Waals surface area contributed by atoms with Gasteiger partial charge in [-0.15, -0.1) is 0 Å². The van der Waals surface area contributed by atoms with Gasteiger partial charge in [-0.3, -0.25) is 23.7 Å². The van der Waals surface area contributed by atoms with E-state index in [1.807, 2.05) is 0 Å². The predicted octanol–water partition coefficient (Wildman–Crippen LogP) is -0.687. The van der Waals surface area contributed by atoms with Gasteiger partial charge in [0.15, 0.2) is 11.4 Å². The van der Waals surface area contributed by atoms with E-state index in [0.29, 0.717) is 0 Å². The molecule has 0 aliphatic heterocycles. The van der Waals surface area contributed by atoms with E-state index in [1.54, 1.807) is 7.05 Å². The normalized spacial score (nSPS) is 10.3. The molecule has 2 heterocycles. The van der Waals surface area contributed by atoms with E-state index in [0.717, 1.165) is 4.68 Å². The second-order valence-electron chi connectivity index (χ2n) is 4.39. The van der Waals surface area contributed by atoms with Crippen molar-refractivity contribution >= 4 is 23.5 Å². The summed E-state index contributed by atoms with van der Waals surface area (Å²) in [5, 5.41) is 21.4. The molecular formula is C12H14N6O4. The average molecular weight is 306 g/mol. The number of carboxylic acids is 1. The molecule has 0 atom stereocenters. The Morgan fingerprint density at radius 3 is 2.64 bits per heavy atom. The average Bonchev–Trinajstić information content (AvgIpc) is 3.04. The van der Waals surface area contributed by atoms with Gasteiger partial charge in [0.05, 0.1) is 5.69 Å². The Morgan fingerprint density at radius 2 is 2.00 bits per heavy atom. The molecule has 10 heteroatoms. The van der Waals surface area contributed by atoms with E-state index in [1.165, 1.54) is 30.2 Å². The smallest absolute Gasteiger partial charge is 0.325 e. The number of hydrogen-bond acceptors (Lipinski definition) is 5. The number of aromatic nitrogens is 4. The Hall–Kier alpha value is -3.17. The number of aryl methyl sites for hydroxylation is 1. The molecule has 10 nitrogen and oxygen atoms in total. The molecule has 22 heavy (non-hydrogen) atoms. The van der Waals surface area contributed by atoms with Crippen molar-refractivity contribution in [2.24, 2.45) is 7.05 Å². The highest BCUT2D eigenvalue weighted by molar-refractivity contribution is 6.07. The van der Waals surface area contributed by atoms with Crippen LogP contribution in [0.25, 0.3) is 0 Å². The number of nitrogens with zero attached hydrogens (tertiary/aromatic N) is 4. The van der Waals surface area contributed by atoms with Gasteiger partial charge in [0.25, 0.3) is 11.8 Å². The van der Waals surface area contributed by atoms with Gasteiger partial charge in [-0.2, -0.15) is 10.2 Å². The molecule has 0 bridgehead atoms. The van der Waals surface area contributed by atoms with Gasteiger partial charge in [-0.25, -0.2) is 0 Å².